The molecule has 3 N–H and O–H groups in total. The van der Waals surface area contributed by atoms with Gasteiger partial charge in [-0.3, -0.25) is 14.1 Å². The van der Waals surface area contributed by atoms with Gasteiger partial charge in [-0.2, -0.15) is 15.0 Å². The quantitative estimate of drug-likeness (QED) is 0.0614. The summed E-state index contributed by atoms with van der Waals surface area (Å²) in [7, 11) is -4.84. The second kappa shape index (κ2) is 28.3. The topological polar surface area (TPSA) is 138 Å². The van der Waals surface area contributed by atoms with Gasteiger partial charge in [0.15, 0.2) is 5.25 Å². The molecule has 41 heavy (non-hydrogen) atoms. The van der Waals surface area contributed by atoms with Gasteiger partial charge in [0.25, 0.3) is 10.1 Å². The van der Waals surface area contributed by atoms with Gasteiger partial charge in [0, 0.05) is 0 Å². The van der Waals surface area contributed by atoms with Gasteiger partial charge in [-0.15, -0.1) is 6.42 Å². The zero-order valence-electron chi connectivity index (χ0n) is 25.7. The maximum atomic E-state index is 10.2. The Morgan fingerprint density at radius 2 is 1.22 bits per heavy atom. The number of carboxylic acid groups (broad SMARTS) is 2. The number of hydrogen-bond acceptors (Lipinski definition) is 5. The van der Waals surface area contributed by atoms with Gasteiger partial charge in [-0.1, -0.05) is 128 Å². The normalized spacial score (nSPS) is 11.6. The fourth-order valence-corrected chi connectivity index (χ4v) is 4.95. The van der Waals surface area contributed by atoms with E-state index in [0.29, 0.717) is 0 Å². The van der Waals surface area contributed by atoms with E-state index >= 15 is 0 Å². The Morgan fingerprint density at radius 3 is 1.59 bits per heavy atom. The van der Waals surface area contributed by atoms with Gasteiger partial charge < -0.3 is 14.9 Å². The summed E-state index contributed by atoms with van der Waals surface area (Å²) in [6, 6.07) is 8.49. The van der Waals surface area contributed by atoms with E-state index in [0.717, 1.165) is 18.6 Å². The van der Waals surface area contributed by atoms with Crippen LogP contribution in [0.15, 0.2) is 24.3 Å². The molecular formula is C31H53KO8S. The first-order chi connectivity index (χ1) is 19.1. The summed E-state index contributed by atoms with van der Waals surface area (Å²) >= 11 is 0. The van der Waals surface area contributed by atoms with E-state index in [4.69, 9.17) is 19.5 Å². The number of unbranched alkanes of at least 4 members (excludes halogenated alkanes) is 15. The Morgan fingerprint density at radius 1 is 0.780 bits per heavy atom. The molecule has 0 radical (unpaired) electrons. The summed E-state index contributed by atoms with van der Waals surface area (Å²) in [6.07, 6.45) is 23.7. The molecule has 1 aromatic carbocycles. The van der Waals surface area contributed by atoms with Crippen LogP contribution in [0.1, 0.15) is 135 Å². The van der Waals surface area contributed by atoms with Crippen LogP contribution in [0, 0.1) is 6.61 Å². The minimum atomic E-state index is -4.84. The Balaban J connectivity index is 0. The summed E-state index contributed by atoms with van der Waals surface area (Å²) in [5.41, 5.74) is 1.36. The van der Waals surface area contributed by atoms with E-state index in [1.54, 1.807) is 0 Å². The van der Waals surface area contributed by atoms with E-state index in [2.05, 4.69) is 38.1 Å². The number of ether oxygens (including phenoxy) is 1. The fourth-order valence-electron chi connectivity index (χ4n) is 4.34. The van der Waals surface area contributed by atoms with Crippen LogP contribution in [-0.2, 0) is 26.1 Å². The minimum absolute atomic E-state index is 0. The fraction of sp³-hybridized carbons (Fsp3) is 0.710. The van der Waals surface area contributed by atoms with E-state index in [1.165, 1.54) is 108 Å². The van der Waals surface area contributed by atoms with Gasteiger partial charge in [0.05, 0.1) is 12.2 Å². The van der Waals surface area contributed by atoms with Crippen LogP contribution >= 0.6 is 0 Å². The number of carboxylic acids is 2. The second-order valence-electron chi connectivity index (χ2n) is 10.3. The summed E-state index contributed by atoms with van der Waals surface area (Å²) in [4.78, 5) is 20.0. The maximum Gasteiger partial charge on any atom is 1.00 e. The van der Waals surface area contributed by atoms with Crippen LogP contribution in [0.5, 0.6) is 5.75 Å². The molecule has 0 fully saturated rings. The standard InChI is InChI=1S/C27H47O.C4H6O7S.K/c1-3-5-6-7-8-9-10-11-12-13-14-15-16-17-18-19-22-26-23-20-21-24-27(26)28-25-4-2;5-3(6)1-2(4(7)8)12(9,10)11;/h20-21,23-25H,3-19,22H2,1-2H3;2H,1H2,(H,5,6)(H,7,8)(H,9,10,11);/q-1;;+1. The molecule has 1 rings (SSSR count). The Kier molecular flexibility index (Phi) is 29.4. The van der Waals surface area contributed by atoms with Crippen LogP contribution in [0.25, 0.3) is 0 Å². The summed E-state index contributed by atoms with van der Waals surface area (Å²) < 4.78 is 34.4. The van der Waals surface area contributed by atoms with E-state index in [1.807, 2.05) is 6.61 Å². The smallest absolute Gasteiger partial charge is 0.662 e. The van der Waals surface area contributed by atoms with Gasteiger partial charge in [0.1, 0.15) is 0 Å². The van der Waals surface area contributed by atoms with Crippen molar-refractivity contribution in [3.63, 3.8) is 0 Å². The predicted octanol–water partition coefficient (Wildman–Crippen LogP) is 5.25. The zero-order valence-corrected chi connectivity index (χ0v) is 29.6. The number of rotatable bonds is 24. The van der Waals surface area contributed by atoms with Crippen molar-refractivity contribution >= 4 is 22.1 Å². The number of para-hydroxylation sites is 1. The first kappa shape index (κ1) is 42.6. The molecule has 0 bridgehead atoms. The number of benzene rings is 1. The monoisotopic (exact) mass is 624 g/mol. The van der Waals surface area contributed by atoms with Crippen LogP contribution in [0.3, 0.4) is 0 Å². The SMILES string of the molecule is CC[CH-]Oc1ccccc1CCCCCCCCCCCCCCCCCC.O=C(O)CC(C(=O)O)S(=O)(=O)O.[K+]. The Bertz CT molecular complexity index is 892. The molecule has 232 valence electrons. The van der Waals surface area contributed by atoms with E-state index < -0.39 is 33.7 Å². The molecule has 0 heterocycles. The Hall–Kier alpha value is -0.494. The molecule has 1 unspecified atom stereocenters. The third kappa shape index (κ3) is 25.7. The zero-order chi connectivity index (χ0) is 30.1. The number of hydrogen-bond donors (Lipinski definition) is 3. The number of aliphatic carboxylic acids is 2. The van der Waals surface area contributed by atoms with Crippen molar-refractivity contribution < 1.29 is 88.9 Å². The van der Waals surface area contributed by atoms with Gasteiger partial charge in [-0.25, -0.2) is 0 Å². The molecule has 8 nitrogen and oxygen atoms in total. The number of carbonyl (C=O) groups is 2. The van der Waals surface area contributed by atoms with Crippen molar-refractivity contribution in [3.05, 3.63) is 36.4 Å². The Labute approximate surface area is 291 Å². The van der Waals surface area contributed by atoms with Crippen LogP contribution in [0.4, 0.5) is 0 Å². The van der Waals surface area contributed by atoms with Gasteiger partial charge in [-0.05, 0) is 24.5 Å². The summed E-state index contributed by atoms with van der Waals surface area (Å²) in [5, 5.41) is 13.9. The molecule has 1 aromatic rings. The minimum Gasteiger partial charge on any atom is -0.662 e. The molecule has 0 spiro atoms. The molecule has 0 aliphatic rings. The first-order valence-electron chi connectivity index (χ1n) is 15.1. The first-order valence-corrected chi connectivity index (χ1v) is 16.6. The average Bonchev–Trinajstić information content (AvgIpc) is 2.90. The summed E-state index contributed by atoms with van der Waals surface area (Å²) in [6.45, 7) is 6.30. The van der Waals surface area contributed by atoms with Crippen molar-refractivity contribution in [1.29, 1.82) is 0 Å². The van der Waals surface area contributed by atoms with Crippen molar-refractivity contribution in [2.75, 3.05) is 0 Å². The van der Waals surface area contributed by atoms with Crippen LogP contribution in [0.2, 0.25) is 0 Å². The average molecular weight is 625 g/mol. The molecule has 0 aromatic heterocycles. The molecule has 0 aliphatic heterocycles. The van der Waals surface area contributed by atoms with Crippen molar-refractivity contribution in [2.45, 2.75) is 141 Å². The van der Waals surface area contributed by atoms with Crippen molar-refractivity contribution in [1.82, 2.24) is 0 Å². The summed E-state index contributed by atoms with van der Waals surface area (Å²) in [5.74, 6) is -2.45. The van der Waals surface area contributed by atoms with Crippen LogP contribution in [-0.4, -0.2) is 40.4 Å². The molecular weight excluding hydrogens is 571 g/mol. The maximum absolute atomic E-state index is 10.2. The number of aryl methyl sites for hydroxylation is 1. The van der Waals surface area contributed by atoms with Crippen LogP contribution < -0.4 is 56.1 Å². The van der Waals surface area contributed by atoms with Gasteiger partial charge in [0.2, 0.25) is 0 Å². The molecule has 0 saturated carbocycles. The third-order valence-electron chi connectivity index (χ3n) is 6.64. The molecule has 0 saturated heterocycles. The largest absolute Gasteiger partial charge is 1.00 e. The van der Waals surface area contributed by atoms with Crippen molar-refractivity contribution in [3.8, 4) is 5.75 Å². The van der Waals surface area contributed by atoms with Crippen molar-refractivity contribution in [2.24, 2.45) is 0 Å². The third-order valence-corrected chi connectivity index (χ3v) is 7.73. The molecule has 10 heteroatoms. The second-order valence-corrected chi connectivity index (χ2v) is 11.9. The predicted molar refractivity (Wildman–Crippen MR) is 160 cm³/mol. The molecule has 1 atom stereocenters. The molecule has 0 amide bonds. The molecule has 0 aliphatic carbocycles. The van der Waals surface area contributed by atoms with Gasteiger partial charge >= 0.3 is 63.3 Å². The van der Waals surface area contributed by atoms with E-state index in [9.17, 15) is 18.0 Å². The van der Waals surface area contributed by atoms with E-state index in [-0.39, 0.29) is 51.4 Å².